The molecule has 0 fully saturated rings. The number of Topliss-reactive ketones (excluding diaryl/α,β-unsaturated/α-hetero) is 1. The summed E-state index contributed by atoms with van der Waals surface area (Å²) in [6.45, 7) is 5.49. The van der Waals surface area contributed by atoms with Crippen LogP contribution in [-0.2, 0) is 6.42 Å². The number of benzene rings is 2. The standard InChI is InChI=1S/C23H22ClFN4O3/c1-23(2,3)29-22(32)20-19(26-12-27-20)21(31)28-15-7-4-13(5-8-15)10-18(30)16-9-6-14(25)11-17(16)24/h4-9,11-12H,10H2,1-3H3,(H,26,27)(H,28,31)(H,29,32). The van der Waals surface area contributed by atoms with Crippen LogP contribution in [0.25, 0.3) is 0 Å². The minimum absolute atomic E-state index is 0.0306. The lowest BCUT2D eigenvalue weighted by molar-refractivity contribution is 0.0904. The Hall–Kier alpha value is -3.52. The summed E-state index contributed by atoms with van der Waals surface area (Å²) >= 11 is 5.95. The largest absolute Gasteiger partial charge is 0.346 e. The molecule has 0 saturated carbocycles. The van der Waals surface area contributed by atoms with Gasteiger partial charge in [-0.05, 0) is 56.7 Å². The van der Waals surface area contributed by atoms with Crippen LogP contribution in [0.1, 0.15) is 57.7 Å². The van der Waals surface area contributed by atoms with Crippen LogP contribution in [0.4, 0.5) is 10.1 Å². The first kappa shape index (κ1) is 23.1. The van der Waals surface area contributed by atoms with Gasteiger partial charge in [-0.3, -0.25) is 14.4 Å². The normalized spacial score (nSPS) is 11.2. The average molecular weight is 457 g/mol. The Morgan fingerprint density at radius 1 is 1.06 bits per heavy atom. The Kier molecular flexibility index (Phi) is 6.74. The molecule has 0 atom stereocenters. The van der Waals surface area contributed by atoms with Gasteiger partial charge in [0.2, 0.25) is 0 Å². The Labute approximate surface area is 189 Å². The molecular formula is C23H22ClFN4O3. The van der Waals surface area contributed by atoms with E-state index in [1.807, 2.05) is 20.8 Å². The number of carbonyl (C=O) groups excluding carboxylic acids is 3. The van der Waals surface area contributed by atoms with Crippen molar-refractivity contribution >= 4 is 34.9 Å². The molecule has 0 aliphatic rings. The maximum atomic E-state index is 13.2. The Morgan fingerprint density at radius 2 is 1.75 bits per heavy atom. The van der Waals surface area contributed by atoms with Gasteiger partial charge in [-0.1, -0.05) is 23.7 Å². The molecule has 0 saturated heterocycles. The van der Waals surface area contributed by atoms with Crippen molar-refractivity contribution in [3.05, 3.63) is 82.1 Å². The van der Waals surface area contributed by atoms with E-state index in [0.717, 1.165) is 6.07 Å². The van der Waals surface area contributed by atoms with Crippen molar-refractivity contribution in [2.45, 2.75) is 32.7 Å². The van der Waals surface area contributed by atoms with Gasteiger partial charge in [-0.2, -0.15) is 0 Å². The van der Waals surface area contributed by atoms with Crippen LogP contribution >= 0.6 is 11.6 Å². The van der Waals surface area contributed by atoms with Gasteiger partial charge < -0.3 is 15.6 Å². The molecule has 3 rings (SSSR count). The zero-order chi connectivity index (χ0) is 23.5. The molecule has 0 aliphatic carbocycles. The van der Waals surface area contributed by atoms with E-state index in [0.29, 0.717) is 11.3 Å². The van der Waals surface area contributed by atoms with Gasteiger partial charge in [0.05, 0.1) is 11.3 Å². The highest BCUT2D eigenvalue weighted by atomic mass is 35.5. The van der Waals surface area contributed by atoms with E-state index in [1.54, 1.807) is 24.3 Å². The Balaban J connectivity index is 1.66. The van der Waals surface area contributed by atoms with E-state index in [4.69, 9.17) is 11.6 Å². The summed E-state index contributed by atoms with van der Waals surface area (Å²) in [5.74, 6) is -1.75. The molecule has 7 nitrogen and oxygen atoms in total. The van der Waals surface area contributed by atoms with Crippen molar-refractivity contribution in [2.75, 3.05) is 5.32 Å². The number of hydrogen-bond acceptors (Lipinski definition) is 4. The molecule has 3 N–H and O–H groups in total. The molecule has 0 aliphatic heterocycles. The van der Waals surface area contributed by atoms with Crippen LogP contribution < -0.4 is 10.6 Å². The summed E-state index contributed by atoms with van der Waals surface area (Å²) in [5.41, 5.74) is 0.967. The van der Waals surface area contributed by atoms with Gasteiger partial charge >= 0.3 is 0 Å². The quantitative estimate of drug-likeness (QED) is 0.478. The highest BCUT2D eigenvalue weighted by molar-refractivity contribution is 6.34. The average Bonchev–Trinajstić information content (AvgIpc) is 3.18. The van der Waals surface area contributed by atoms with Crippen molar-refractivity contribution in [2.24, 2.45) is 0 Å². The van der Waals surface area contributed by atoms with Gasteiger partial charge in [0.15, 0.2) is 11.5 Å². The number of carbonyl (C=O) groups is 3. The summed E-state index contributed by atoms with van der Waals surface area (Å²) in [4.78, 5) is 44.1. The van der Waals surface area contributed by atoms with Crippen molar-refractivity contribution in [1.82, 2.24) is 15.3 Å². The minimum atomic E-state index is -0.549. The molecule has 0 spiro atoms. The SMILES string of the molecule is CC(C)(C)NC(=O)c1[nH]cnc1C(=O)Nc1ccc(CC(=O)c2ccc(F)cc2Cl)cc1. The lowest BCUT2D eigenvalue weighted by atomic mass is 10.0. The number of halogens is 2. The summed E-state index contributed by atoms with van der Waals surface area (Å²) in [6, 6.07) is 10.3. The van der Waals surface area contributed by atoms with Crippen LogP contribution in [0.2, 0.25) is 5.02 Å². The second-order valence-electron chi connectivity index (χ2n) is 8.21. The topological polar surface area (TPSA) is 104 Å². The number of rotatable bonds is 6. The highest BCUT2D eigenvalue weighted by Gasteiger charge is 2.23. The molecule has 2 aromatic carbocycles. The molecule has 0 radical (unpaired) electrons. The Bertz CT molecular complexity index is 1170. The first-order chi connectivity index (χ1) is 15.0. The number of amides is 2. The molecule has 2 amide bonds. The number of nitrogens with one attached hydrogen (secondary N) is 3. The second kappa shape index (κ2) is 9.32. The van der Waals surface area contributed by atoms with Crippen molar-refractivity contribution < 1.29 is 18.8 Å². The molecule has 1 aromatic heterocycles. The van der Waals surface area contributed by atoms with Gasteiger partial charge in [-0.25, -0.2) is 9.37 Å². The van der Waals surface area contributed by atoms with Crippen LogP contribution in [0.15, 0.2) is 48.8 Å². The van der Waals surface area contributed by atoms with E-state index >= 15 is 0 Å². The predicted molar refractivity (Wildman–Crippen MR) is 120 cm³/mol. The van der Waals surface area contributed by atoms with Crippen LogP contribution in [-0.4, -0.2) is 33.1 Å². The van der Waals surface area contributed by atoms with E-state index in [-0.39, 0.29) is 34.2 Å². The molecule has 166 valence electrons. The van der Waals surface area contributed by atoms with Crippen molar-refractivity contribution in [3.63, 3.8) is 0 Å². The highest BCUT2D eigenvalue weighted by Crippen LogP contribution is 2.20. The van der Waals surface area contributed by atoms with Crippen LogP contribution in [0.5, 0.6) is 0 Å². The van der Waals surface area contributed by atoms with Gasteiger partial charge in [0.1, 0.15) is 11.5 Å². The van der Waals surface area contributed by atoms with Gasteiger partial charge in [0.25, 0.3) is 11.8 Å². The monoisotopic (exact) mass is 456 g/mol. The first-order valence-electron chi connectivity index (χ1n) is 9.78. The third kappa shape index (κ3) is 5.79. The molecule has 0 bridgehead atoms. The van der Waals surface area contributed by atoms with E-state index in [9.17, 15) is 18.8 Å². The number of H-pyrrole nitrogens is 1. The predicted octanol–water partition coefficient (Wildman–Crippen LogP) is 4.41. The minimum Gasteiger partial charge on any atom is -0.346 e. The van der Waals surface area contributed by atoms with Gasteiger partial charge in [-0.15, -0.1) is 0 Å². The molecule has 32 heavy (non-hydrogen) atoms. The smallest absolute Gasteiger partial charge is 0.276 e. The van der Waals surface area contributed by atoms with Crippen molar-refractivity contribution in [3.8, 4) is 0 Å². The van der Waals surface area contributed by atoms with Gasteiger partial charge in [0, 0.05) is 23.2 Å². The number of aromatic amines is 1. The lowest BCUT2D eigenvalue weighted by Gasteiger charge is -2.20. The van der Waals surface area contributed by atoms with Crippen molar-refractivity contribution in [1.29, 1.82) is 0 Å². The molecule has 0 unspecified atom stereocenters. The number of imidazole rings is 1. The molecule has 1 heterocycles. The lowest BCUT2D eigenvalue weighted by Crippen LogP contribution is -2.41. The maximum Gasteiger partial charge on any atom is 0.276 e. The number of ketones is 1. The second-order valence-corrected chi connectivity index (χ2v) is 8.61. The fraction of sp³-hybridized carbons (Fsp3) is 0.217. The number of anilines is 1. The first-order valence-corrected chi connectivity index (χ1v) is 10.2. The van der Waals surface area contributed by atoms with Crippen LogP contribution in [0, 0.1) is 5.82 Å². The molecular weight excluding hydrogens is 435 g/mol. The third-order valence-corrected chi connectivity index (χ3v) is 4.69. The number of aromatic nitrogens is 2. The zero-order valence-corrected chi connectivity index (χ0v) is 18.5. The zero-order valence-electron chi connectivity index (χ0n) is 17.8. The molecule has 3 aromatic rings. The fourth-order valence-corrected chi connectivity index (χ4v) is 3.21. The fourth-order valence-electron chi connectivity index (χ4n) is 2.94. The third-order valence-electron chi connectivity index (χ3n) is 4.38. The Morgan fingerprint density at radius 3 is 2.38 bits per heavy atom. The number of hydrogen-bond donors (Lipinski definition) is 3. The number of nitrogens with zero attached hydrogens (tertiary/aromatic N) is 1. The summed E-state index contributed by atoms with van der Waals surface area (Å²) in [5, 5.41) is 5.51. The maximum absolute atomic E-state index is 13.2. The summed E-state index contributed by atoms with van der Waals surface area (Å²) in [6.07, 6.45) is 1.35. The van der Waals surface area contributed by atoms with E-state index < -0.39 is 23.2 Å². The van der Waals surface area contributed by atoms with E-state index in [1.165, 1.54) is 18.5 Å². The molecule has 9 heteroatoms. The van der Waals surface area contributed by atoms with Crippen LogP contribution in [0.3, 0.4) is 0 Å². The summed E-state index contributed by atoms with van der Waals surface area (Å²) < 4.78 is 13.2. The summed E-state index contributed by atoms with van der Waals surface area (Å²) in [7, 11) is 0. The van der Waals surface area contributed by atoms with E-state index in [2.05, 4.69) is 20.6 Å².